The average Bonchev–Trinajstić information content (AvgIpc) is 2.53. The second kappa shape index (κ2) is 7.72. The van der Waals surface area contributed by atoms with Crippen LogP contribution in [0.1, 0.15) is 11.1 Å². The highest BCUT2D eigenvalue weighted by molar-refractivity contribution is 5.89. The first kappa shape index (κ1) is 20.3. The summed E-state index contributed by atoms with van der Waals surface area (Å²) in [5.74, 6) is -2.24. The van der Waals surface area contributed by atoms with Gasteiger partial charge in [0, 0.05) is 12.1 Å². The third-order valence-electron chi connectivity index (χ3n) is 3.19. The van der Waals surface area contributed by atoms with Gasteiger partial charge in [0.15, 0.2) is 5.82 Å². The molecule has 2 aromatic rings. The van der Waals surface area contributed by atoms with Crippen molar-refractivity contribution < 1.29 is 40.3 Å². The average molecular weight is 396 g/mol. The summed E-state index contributed by atoms with van der Waals surface area (Å²) in [6.45, 7) is -0.446. The molecule has 0 aromatic heterocycles. The van der Waals surface area contributed by atoms with Crippen LogP contribution in [-0.4, -0.2) is 12.4 Å². The van der Waals surface area contributed by atoms with E-state index in [0.717, 1.165) is 18.2 Å². The lowest BCUT2D eigenvalue weighted by atomic mass is 10.1. The van der Waals surface area contributed by atoms with Crippen LogP contribution >= 0.6 is 0 Å². The summed E-state index contributed by atoms with van der Waals surface area (Å²) in [6.07, 6.45) is -9.90. The Kier molecular flexibility index (Phi) is 5.82. The van der Waals surface area contributed by atoms with E-state index in [4.69, 9.17) is 0 Å². The predicted octanol–water partition coefficient (Wildman–Crippen LogP) is 5.06. The van der Waals surface area contributed by atoms with Crippen molar-refractivity contribution in [3.8, 4) is 5.75 Å². The van der Waals surface area contributed by atoms with Crippen LogP contribution in [0.4, 0.5) is 41.2 Å². The van der Waals surface area contributed by atoms with E-state index in [2.05, 4.69) is 10.1 Å². The van der Waals surface area contributed by atoms with E-state index in [1.807, 2.05) is 5.32 Å². The zero-order valence-corrected chi connectivity index (χ0v) is 13.2. The van der Waals surface area contributed by atoms with Gasteiger partial charge < -0.3 is 15.4 Å². The van der Waals surface area contributed by atoms with Crippen LogP contribution in [0.5, 0.6) is 5.75 Å². The summed E-state index contributed by atoms with van der Waals surface area (Å²) in [7, 11) is 0. The summed E-state index contributed by atoms with van der Waals surface area (Å²) in [6, 6.07) is 6.13. The van der Waals surface area contributed by atoms with Gasteiger partial charge in [-0.1, -0.05) is 24.3 Å². The fourth-order valence-corrected chi connectivity index (χ4v) is 2.06. The molecule has 0 fully saturated rings. The molecule has 0 aliphatic heterocycles. The molecular formula is C16H11F7N2O2. The molecule has 0 aliphatic rings. The van der Waals surface area contributed by atoms with E-state index in [1.54, 1.807) is 0 Å². The van der Waals surface area contributed by atoms with Crippen molar-refractivity contribution in [2.45, 2.75) is 19.1 Å². The van der Waals surface area contributed by atoms with E-state index >= 15 is 0 Å². The number of alkyl halides is 6. The van der Waals surface area contributed by atoms with Crippen LogP contribution in [0.2, 0.25) is 0 Å². The molecular weight excluding hydrogens is 385 g/mol. The molecule has 0 aliphatic carbocycles. The van der Waals surface area contributed by atoms with Gasteiger partial charge in [-0.3, -0.25) is 0 Å². The fraction of sp³-hybridized carbons (Fsp3) is 0.188. The minimum atomic E-state index is -4.95. The molecule has 2 N–H and O–H groups in total. The largest absolute Gasteiger partial charge is 0.573 e. The summed E-state index contributed by atoms with van der Waals surface area (Å²) in [5.41, 5.74) is -2.35. The van der Waals surface area contributed by atoms with Crippen LogP contribution in [-0.2, 0) is 12.7 Å². The lowest BCUT2D eigenvalue weighted by molar-refractivity contribution is -0.274. The molecule has 27 heavy (non-hydrogen) atoms. The number of hydrogen-bond acceptors (Lipinski definition) is 2. The zero-order chi connectivity index (χ0) is 20.2. The number of ether oxygens (including phenoxy) is 1. The first-order valence-electron chi connectivity index (χ1n) is 7.21. The molecule has 0 saturated carbocycles. The van der Waals surface area contributed by atoms with Gasteiger partial charge in [0.1, 0.15) is 5.75 Å². The van der Waals surface area contributed by atoms with Crippen LogP contribution in [0.3, 0.4) is 0 Å². The monoisotopic (exact) mass is 396 g/mol. The summed E-state index contributed by atoms with van der Waals surface area (Å²) in [5, 5.41) is 3.99. The Balaban J connectivity index is 2.06. The van der Waals surface area contributed by atoms with Crippen LogP contribution in [0, 0.1) is 5.82 Å². The van der Waals surface area contributed by atoms with E-state index in [1.165, 1.54) is 18.2 Å². The third-order valence-corrected chi connectivity index (χ3v) is 3.19. The Bertz CT molecular complexity index is 819. The molecule has 0 radical (unpaired) electrons. The summed E-state index contributed by atoms with van der Waals surface area (Å²) in [4.78, 5) is 11.8. The van der Waals surface area contributed by atoms with Crippen molar-refractivity contribution in [2.24, 2.45) is 0 Å². The summed E-state index contributed by atoms with van der Waals surface area (Å²) < 4.78 is 92.5. The SMILES string of the molecule is O=C(NCc1ccccc1OC(F)(F)F)Nc1cccc(C(F)(F)F)c1F. The number of rotatable bonds is 4. The number of para-hydroxylation sites is 1. The Morgan fingerprint density at radius 1 is 0.963 bits per heavy atom. The number of carbonyl (C=O) groups excluding carboxylic acids is 1. The third kappa shape index (κ3) is 5.76. The number of urea groups is 1. The van der Waals surface area contributed by atoms with Gasteiger partial charge in [0.25, 0.3) is 0 Å². The van der Waals surface area contributed by atoms with Crippen molar-refractivity contribution in [3.05, 3.63) is 59.4 Å². The number of anilines is 1. The second-order valence-corrected chi connectivity index (χ2v) is 5.13. The van der Waals surface area contributed by atoms with Crippen molar-refractivity contribution >= 4 is 11.7 Å². The Hall–Kier alpha value is -2.98. The molecule has 0 bridgehead atoms. The van der Waals surface area contributed by atoms with E-state index < -0.39 is 47.9 Å². The van der Waals surface area contributed by atoms with Gasteiger partial charge in [0.05, 0.1) is 11.3 Å². The minimum Gasteiger partial charge on any atom is -0.405 e. The van der Waals surface area contributed by atoms with Crippen LogP contribution in [0.25, 0.3) is 0 Å². The standard InChI is InChI=1S/C16H11F7N2O2/c17-13-10(15(18,19)20)5-3-6-11(13)25-14(26)24-8-9-4-1-2-7-12(9)27-16(21,22)23/h1-7H,8H2,(H2,24,25,26). The lowest BCUT2D eigenvalue weighted by Crippen LogP contribution is -2.29. The maximum Gasteiger partial charge on any atom is 0.573 e. The first-order chi connectivity index (χ1) is 12.5. The van der Waals surface area contributed by atoms with Gasteiger partial charge in [-0.2, -0.15) is 13.2 Å². The smallest absolute Gasteiger partial charge is 0.405 e. The molecule has 0 heterocycles. The number of nitrogens with one attached hydrogen (secondary N) is 2. The number of benzene rings is 2. The molecule has 0 spiro atoms. The Morgan fingerprint density at radius 3 is 2.26 bits per heavy atom. The Morgan fingerprint density at radius 2 is 1.63 bits per heavy atom. The molecule has 2 rings (SSSR count). The normalized spacial score (nSPS) is 11.8. The maximum absolute atomic E-state index is 13.8. The van der Waals surface area contributed by atoms with Gasteiger partial charge in [0.2, 0.25) is 0 Å². The predicted molar refractivity (Wildman–Crippen MR) is 80.4 cm³/mol. The topological polar surface area (TPSA) is 50.4 Å². The molecule has 2 aromatic carbocycles. The van der Waals surface area contributed by atoms with Crippen molar-refractivity contribution in [2.75, 3.05) is 5.32 Å². The zero-order valence-electron chi connectivity index (χ0n) is 13.2. The quantitative estimate of drug-likeness (QED) is 0.710. The van der Waals surface area contributed by atoms with Crippen LogP contribution in [0.15, 0.2) is 42.5 Å². The number of halogens is 7. The first-order valence-corrected chi connectivity index (χ1v) is 7.21. The lowest BCUT2D eigenvalue weighted by Gasteiger charge is -2.15. The second-order valence-electron chi connectivity index (χ2n) is 5.13. The van der Waals surface area contributed by atoms with Crippen molar-refractivity contribution in [1.29, 1.82) is 0 Å². The van der Waals surface area contributed by atoms with E-state index in [0.29, 0.717) is 6.07 Å². The molecule has 0 saturated heterocycles. The molecule has 2 amide bonds. The van der Waals surface area contributed by atoms with Gasteiger partial charge in [-0.15, -0.1) is 13.2 Å². The fourth-order valence-electron chi connectivity index (χ4n) is 2.06. The molecule has 0 atom stereocenters. The number of carbonyl (C=O) groups is 1. The highest BCUT2D eigenvalue weighted by atomic mass is 19.4. The van der Waals surface area contributed by atoms with Gasteiger partial charge in [-0.05, 0) is 18.2 Å². The molecule has 11 heteroatoms. The van der Waals surface area contributed by atoms with Crippen LogP contribution < -0.4 is 15.4 Å². The van der Waals surface area contributed by atoms with Gasteiger partial charge >= 0.3 is 18.6 Å². The number of hydrogen-bond donors (Lipinski definition) is 2. The summed E-state index contributed by atoms with van der Waals surface area (Å²) >= 11 is 0. The van der Waals surface area contributed by atoms with Crippen molar-refractivity contribution in [3.63, 3.8) is 0 Å². The number of amides is 2. The highest BCUT2D eigenvalue weighted by Crippen LogP contribution is 2.33. The molecule has 0 unspecified atom stereocenters. The van der Waals surface area contributed by atoms with Crippen molar-refractivity contribution in [1.82, 2.24) is 5.32 Å². The van der Waals surface area contributed by atoms with E-state index in [-0.39, 0.29) is 5.56 Å². The van der Waals surface area contributed by atoms with E-state index in [9.17, 15) is 35.5 Å². The maximum atomic E-state index is 13.8. The Labute approximate surface area is 147 Å². The molecule has 146 valence electrons. The van der Waals surface area contributed by atoms with Gasteiger partial charge in [-0.25, -0.2) is 9.18 Å². The molecule has 4 nitrogen and oxygen atoms in total. The highest BCUT2D eigenvalue weighted by Gasteiger charge is 2.35. The minimum absolute atomic E-state index is 0.0468.